The third-order valence-corrected chi connectivity index (χ3v) is 2.60. The molecule has 0 saturated carbocycles. The van der Waals surface area contributed by atoms with Crippen LogP contribution in [0.15, 0.2) is 30.3 Å². The minimum Gasteiger partial charge on any atom is -0.463 e. The van der Waals surface area contributed by atoms with E-state index in [0.29, 0.717) is 12.2 Å². The highest BCUT2D eigenvalue weighted by Gasteiger charge is 2.17. The van der Waals surface area contributed by atoms with Crippen LogP contribution in [0.1, 0.15) is 50.5 Å². The molecular weight excluding hydrogens is 268 g/mol. The highest BCUT2D eigenvalue weighted by atomic mass is 16.6. The molecule has 1 rings (SSSR count). The summed E-state index contributed by atoms with van der Waals surface area (Å²) in [6.45, 7) is 9.40. The molecule has 0 unspecified atom stereocenters. The molecule has 0 aliphatic rings. The van der Waals surface area contributed by atoms with Crippen LogP contribution in [0.25, 0.3) is 5.57 Å². The minimum absolute atomic E-state index is 0.347. The molecule has 114 valence electrons. The van der Waals surface area contributed by atoms with E-state index in [1.54, 1.807) is 31.2 Å². The summed E-state index contributed by atoms with van der Waals surface area (Å²) in [7, 11) is 0. The van der Waals surface area contributed by atoms with E-state index in [9.17, 15) is 9.59 Å². The zero-order valence-corrected chi connectivity index (χ0v) is 13.2. The molecule has 0 bridgehead atoms. The molecule has 0 aliphatic carbocycles. The van der Waals surface area contributed by atoms with Gasteiger partial charge in [0.05, 0.1) is 12.2 Å². The Bertz CT molecular complexity index is 533. The predicted octanol–water partition coefficient (Wildman–Crippen LogP) is 3.61. The number of hydrogen-bond donors (Lipinski definition) is 0. The number of carbonyl (C=O) groups excluding carboxylic acids is 2. The molecule has 0 heterocycles. The van der Waals surface area contributed by atoms with Gasteiger partial charge in [0, 0.05) is 6.08 Å². The van der Waals surface area contributed by atoms with Gasteiger partial charge >= 0.3 is 11.9 Å². The molecule has 0 fully saturated rings. The minimum atomic E-state index is -0.518. The van der Waals surface area contributed by atoms with Crippen molar-refractivity contribution >= 4 is 17.5 Å². The van der Waals surface area contributed by atoms with Crippen LogP contribution in [0, 0.1) is 0 Å². The second-order valence-corrected chi connectivity index (χ2v) is 5.66. The summed E-state index contributed by atoms with van der Waals surface area (Å²) >= 11 is 0. The van der Waals surface area contributed by atoms with Crippen molar-refractivity contribution in [2.45, 2.75) is 40.2 Å². The van der Waals surface area contributed by atoms with Gasteiger partial charge in [0.1, 0.15) is 5.60 Å². The number of allylic oxidation sites excluding steroid dienone is 1. The number of benzene rings is 1. The Balaban J connectivity index is 2.83. The van der Waals surface area contributed by atoms with E-state index in [1.165, 1.54) is 6.08 Å². The van der Waals surface area contributed by atoms with Gasteiger partial charge in [-0.25, -0.2) is 9.59 Å². The first-order valence-corrected chi connectivity index (χ1v) is 6.92. The average Bonchev–Trinajstić information content (AvgIpc) is 2.37. The normalized spacial score (nSPS) is 12.0. The first-order chi connectivity index (χ1) is 9.73. The zero-order valence-electron chi connectivity index (χ0n) is 13.2. The fourth-order valence-corrected chi connectivity index (χ4v) is 1.65. The molecule has 0 radical (unpaired) electrons. The number of ether oxygens (including phenoxy) is 2. The molecule has 0 N–H and O–H groups in total. The van der Waals surface area contributed by atoms with Crippen LogP contribution in [0.5, 0.6) is 0 Å². The van der Waals surface area contributed by atoms with Crippen LogP contribution in [-0.2, 0) is 14.3 Å². The summed E-state index contributed by atoms with van der Waals surface area (Å²) in [5, 5.41) is 0. The molecule has 0 saturated heterocycles. The van der Waals surface area contributed by atoms with Crippen molar-refractivity contribution in [1.29, 1.82) is 0 Å². The van der Waals surface area contributed by atoms with Crippen LogP contribution in [-0.4, -0.2) is 24.1 Å². The van der Waals surface area contributed by atoms with Crippen molar-refractivity contribution in [3.05, 3.63) is 41.5 Å². The Morgan fingerprint density at radius 3 is 2.10 bits per heavy atom. The van der Waals surface area contributed by atoms with Crippen molar-refractivity contribution < 1.29 is 19.1 Å². The summed E-state index contributed by atoms with van der Waals surface area (Å²) in [4.78, 5) is 23.3. The predicted molar refractivity (Wildman–Crippen MR) is 81.9 cm³/mol. The van der Waals surface area contributed by atoms with Gasteiger partial charge in [-0.2, -0.15) is 0 Å². The quantitative estimate of drug-likeness (QED) is 0.628. The highest BCUT2D eigenvalue weighted by Crippen LogP contribution is 2.17. The zero-order chi connectivity index (χ0) is 16.0. The third kappa shape index (κ3) is 5.81. The highest BCUT2D eigenvalue weighted by molar-refractivity contribution is 5.92. The lowest BCUT2D eigenvalue weighted by Crippen LogP contribution is -2.23. The van der Waals surface area contributed by atoms with Gasteiger partial charge < -0.3 is 9.47 Å². The maximum atomic E-state index is 11.9. The standard InChI is InChI=1S/C17H22O4/c1-6-20-15(18)11-12(2)13-7-9-14(10-8-13)16(19)21-17(3,4)5/h7-11H,6H2,1-5H3. The Morgan fingerprint density at radius 1 is 1.10 bits per heavy atom. The average molecular weight is 290 g/mol. The van der Waals surface area contributed by atoms with Gasteiger partial charge in [0.25, 0.3) is 0 Å². The number of carbonyl (C=O) groups is 2. The van der Waals surface area contributed by atoms with Gasteiger partial charge in [0.2, 0.25) is 0 Å². The van der Waals surface area contributed by atoms with Crippen molar-refractivity contribution in [1.82, 2.24) is 0 Å². The number of rotatable bonds is 4. The van der Waals surface area contributed by atoms with Crippen molar-refractivity contribution in [3.8, 4) is 0 Å². The molecule has 1 aromatic carbocycles. The van der Waals surface area contributed by atoms with Gasteiger partial charge in [-0.15, -0.1) is 0 Å². The van der Waals surface area contributed by atoms with Crippen LogP contribution in [0.2, 0.25) is 0 Å². The topological polar surface area (TPSA) is 52.6 Å². The Hall–Kier alpha value is -2.10. The first kappa shape index (κ1) is 17.0. The molecule has 1 aromatic rings. The van der Waals surface area contributed by atoms with E-state index in [0.717, 1.165) is 11.1 Å². The number of hydrogen-bond acceptors (Lipinski definition) is 4. The van der Waals surface area contributed by atoms with Gasteiger partial charge in [-0.05, 0) is 57.9 Å². The second kappa shape index (κ2) is 7.07. The van der Waals surface area contributed by atoms with Crippen LogP contribution >= 0.6 is 0 Å². The largest absolute Gasteiger partial charge is 0.463 e. The summed E-state index contributed by atoms with van der Waals surface area (Å²) in [6, 6.07) is 6.94. The smallest absolute Gasteiger partial charge is 0.338 e. The SMILES string of the molecule is CCOC(=O)C=C(C)c1ccc(C(=O)OC(C)(C)C)cc1. The van der Waals surface area contributed by atoms with Crippen LogP contribution in [0.4, 0.5) is 0 Å². The first-order valence-electron chi connectivity index (χ1n) is 6.92. The van der Waals surface area contributed by atoms with Crippen molar-refractivity contribution in [3.63, 3.8) is 0 Å². The molecule has 0 aliphatic heterocycles. The molecule has 0 aromatic heterocycles. The summed E-state index contributed by atoms with van der Waals surface area (Å²) in [5.74, 6) is -0.729. The van der Waals surface area contributed by atoms with Crippen LogP contribution < -0.4 is 0 Å². The molecule has 0 spiro atoms. The Kier molecular flexibility index (Phi) is 5.70. The van der Waals surface area contributed by atoms with E-state index in [2.05, 4.69) is 0 Å². The fraction of sp³-hybridized carbons (Fsp3) is 0.412. The molecular formula is C17H22O4. The lowest BCUT2D eigenvalue weighted by atomic mass is 10.0. The van der Waals surface area contributed by atoms with Crippen LogP contribution in [0.3, 0.4) is 0 Å². The number of esters is 2. The van der Waals surface area contributed by atoms with E-state index in [4.69, 9.17) is 9.47 Å². The molecule has 4 nitrogen and oxygen atoms in total. The lowest BCUT2D eigenvalue weighted by molar-refractivity contribution is -0.137. The second-order valence-electron chi connectivity index (χ2n) is 5.66. The summed E-state index contributed by atoms with van der Waals surface area (Å²) in [6.07, 6.45) is 1.44. The maximum Gasteiger partial charge on any atom is 0.338 e. The third-order valence-electron chi connectivity index (χ3n) is 2.60. The summed E-state index contributed by atoms with van der Waals surface area (Å²) in [5.41, 5.74) is 1.60. The van der Waals surface area contributed by atoms with E-state index < -0.39 is 5.60 Å². The lowest BCUT2D eigenvalue weighted by Gasteiger charge is -2.19. The molecule has 0 amide bonds. The van der Waals surface area contributed by atoms with Gasteiger partial charge in [0.15, 0.2) is 0 Å². The maximum absolute atomic E-state index is 11.9. The summed E-state index contributed by atoms with van der Waals surface area (Å²) < 4.78 is 10.2. The van der Waals surface area contributed by atoms with Gasteiger partial charge in [-0.3, -0.25) is 0 Å². The Labute approximate surface area is 125 Å². The van der Waals surface area contributed by atoms with Crippen molar-refractivity contribution in [2.24, 2.45) is 0 Å². The molecule has 4 heteroatoms. The van der Waals surface area contributed by atoms with E-state index >= 15 is 0 Å². The molecule has 0 atom stereocenters. The fourth-order valence-electron chi connectivity index (χ4n) is 1.65. The molecule has 21 heavy (non-hydrogen) atoms. The van der Waals surface area contributed by atoms with E-state index in [-0.39, 0.29) is 11.9 Å². The van der Waals surface area contributed by atoms with Gasteiger partial charge in [-0.1, -0.05) is 12.1 Å². The Morgan fingerprint density at radius 2 is 1.62 bits per heavy atom. The van der Waals surface area contributed by atoms with E-state index in [1.807, 2.05) is 27.7 Å². The monoisotopic (exact) mass is 290 g/mol. The van der Waals surface area contributed by atoms with Crippen molar-refractivity contribution in [2.75, 3.05) is 6.61 Å².